The average molecular weight is 203 g/mol. The van der Waals surface area contributed by atoms with Crippen molar-refractivity contribution in [3.8, 4) is 0 Å². The first-order chi connectivity index (χ1) is 6.99. The van der Waals surface area contributed by atoms with Gasteiger partial charge in [0.1, 0.15) is 0 Å². The van der Waals surface area contributed by atoms with Crippen LogP contribution in [0.1, 0.15) is 26.3 Å². The van der Waals surface area contributed by atoms with Crippen LogP contribution < -0.4 is 5.32 Å². The van der Waals surface area contributed by atoms with Gasteiger partial charge in [-0.1, -0.05) is 57.7 Å². The van der Waals surface area contributed by atoms with Gasteiger partial charge in [0.25, 0.3) is 0 Å². The highest BCUT2D eigenvalue weighted by Crippen LogP contribution is 2.13. The second-order valence-electron chi connectivity index (χ2n) is 5.13. The molecule has 82 valence electrons. The minimum atomic E-state index is 0.330. The fourth-order valence-electron chi connectivity index (χ4n) is 1.36. The van der Waals surface area contributed by atoms with Crippen molar-refractivity contribution in [3.05, 3.63) is 42.5 Å². The highest BCUT2D eigenvalue weighted by atomic mass is 14.9. The average Bonchev–Trinajstić information content (AvgIpc) is 2.17. The van der Waals surface area contributed by atoms with E-state index in [1.165, 1.54) is 5.56 Å². The lowest BCUT2D eigenvalue weighted by Gasteiger charge is -2.19. The Morgan fingerprint density at radius 1 is 1.20 bits per heavy atom. The topological polar surface area (TPSA) is 12.0 Å². The van der Waals surface area contributed by atoms with E-state index in [2.05, 4.69) is 44.8 Å². The zero-order valence-electron chi connectivity index (χ0n) is 10.0. The summed E-state index contributed by atoms with van der Waals surface area (Å²) < 4.78 is 0. The molecule has 0 amide bonds. The van der Waals surface area contributed by atoms with E-state index in [1.54, 1.807) is 0 Å². The van der Waals surface area contributed by atoms with E-state index in [0.717, 1.165) is 18.7 Å². The van der Waals surface area contributed by atoms with Gasteiger partial charge in [0.05, 0.1) is 0 Å². The Balaban J connectivity index is 2.38. The van der Waals surface area contributed by atoms with Crippen LogP contribution in [0.15, 0.2) is 36.9 Å². The van der Waals surface area contributed by atoms with Crippen LogP contribution in [-0.4, -0.2) is 13.1 Å². The fraction of sp³-hybridized carbons (Fsp3) is 0.429. The maximum absolute atomic E-state index is 4.08. The summed E-state index contributed by atoms with van der Waals surface area (Å²) in [5.74, 6) is 0. The van der Waals surface area contributed by atoms with Gasteiger partial charge < -0.3 is 5.32 Å². The lowest BCUT2D eigenvalue weighted by atomic mass is 9.97. The van der Waals surface area contributed by atoms with Crippen LogP contribution in [0.4, 0.5) is 0 Å². The number of nitrogens with one attached hydrogen (secondary N) is 1. The summed E-state index contributed by atoms with van der Waals surface area (Å²) in [6.45, 7) is 12.6. The predicted molar refractivity (Wildman–Crippen MR) is 67.8 cm³/mol. The molecule has 1 heteroatoms. The molecule has 0 aliphatic carbocycles. The molecule has 0 bridgehead atoms. The molecule has 1 nitrogen and oxygen atoms in total. The molecule has 1 rings (SSSR count). The summed E-state index contributed by atoms with van der Waals surface area (Å²) in [4.78, 5) is 0. The molecule has 0 aliphatic heterocycles. The van der Waals surface area contributed by atoms with Crippen molar-refractivity contribution in [1.29, 1.82) is 0 Å². The van der Waals surface area contributed by atoms with Crippen LogP contribution >= 0.6 is 0 Å². The van der Waals surface area contributed by atoms with Crippen molar-refractivity contribution in [1.82, 2.24) is 5.32 Å². The Kier molecular flexibility index (Phi) is 4.10. The van der Waals surface area contributed by atoms with Crippen molar-refractivity contribution in [2.45, 2.75) is 20.8 Å². The van der Waals surface area contributed by atoms with Crippen molar-refractivity contribution in [3.63, 3.8) is 0 Å². The number of hydrogen-bond acceptors (Lipinski definition) is 1. The summed E-state index contributed by atoms with van der Waals surface area (Å²) in [5.41, 5.74) is 2.70. The van der Waals surface area contributed by atoms with Crippen LogP contribution in [0.25, 0.3) is 5.57 Å². The van der Waals surface area contributed by atoms with Gasteiger partial charge in [-0.3, -0.25) is 0 Å². The monoisotopic (exact) mass is 203 g/mol. The second kappa shape index (κ2) is 5.13. The minimum absolute atomic E-state index is 0.330. The van der Waals surface area contributed by atoms with Gasteiger partial charge in [-0.05, 0) is 16.6 Å². The molecule has 15 heavy (non-hydrogen) atoms. The normalized spacial score (nSPS) is 11.4. The zero-order chi connectivity index (χ0) is 11.3. The minimum Gasteiger partial charge on any atom is -0.312 e. The van der Waals surface area contributed by atoms with Crippen LogP contribution in [0.2, 0.25) is 0 Å². The van der Waals surface area contributed by atoms with E-state index in [0.29, 0.717) is 5.41 Å². The Morgan fingerprint density at radius 3 is 2.33 bits per heavy atom. The molecule has 1 aromatic rings. The molecule has 0 saturated heterocycles. The molecular formula is C14H21N. The molecule has 0 spiro atoms. The lowest BCUT2D eigenvalue weighted by Crippen LogP contribution is -2.27. The van der Waals surface area contributed by atoms with Crippen molar-refractivity contribution in [2.75, 3.05) is 13.1 Å². The maximum Gasteiger partial charge on any atom is 0.0205 e. The van der Waals surface area contributed by atoms with Gasteiger partial charge in [0, 0.05) is 13.1 Å². The summed E-state index contributed by atoms with van der Waals surface area (Å²) in [7, 11) is 0. The van der Waals surface area contributed by atoms with Gasteiger partial charge in [0.2, 0.25) is 0 Å². The first-order valence-corrected chi connectivity index (χ1v) is 5.43. The van der Waals surface area contributed by atoms with Gasteiger partial charge in [-0.25, -0.2) is 0 Å². The molecule has 0 heterocycles. The first kappa shape index (κ1) is 12.0. The van der Waals surface area contributed by atoms with Crippen LogP contribution in [-0.2, 0) is 0 Å². The Labute approximate surface area is 93.2 Å². The summed E-state index contributed by atoms with van der Waals surface area (Å²) >= 11 is 0. The second-order valence-corrected chi connectivity index (χ2v) is 5.13. The SMILES string of the molecule is C=C(CNCC(C)(C)C)c1ccccc1. The highest BCUT2D eigenvalue weighted by molar-refractivity contribution is 5.64. The predicted octanol–water partition coefficient (Wildman–Crippen LogP) is 3.34. The van der Waals surface area contributed by atoms with Crippen LogP contribution in [0.5, 0.6) is 0 Å². The van der Waals surface area contributed by atoms with Crippen molar-refractivity contribution >= 4 is 5.57 Å². The summed E-state index contributed by atoms with van der Waals surface area (Å²) in [6.07, 6.45) is 0. The van der Waals surface area contributed by atoms with E-state index in [4.69, 9.17) is 0 Å². The fourth-order valence-corrected chi connectivity index (χ4v) is 1.36. The third-order valence-electron chi connectivity index (χ3n) is 2.18. The number of hydrogen-bond donors (Lipinski definition) is 1. The van der Waals surface area contributed by atoms with Crippen molar-refractivity contribution in [2.24, 2.45) is 5.41 Å². The molecule has 0 aromatic heterocycles. The Morgan fingerprint density at radius 2 is 1.80 bits per heavy atom. The number of rotatable bonds is 4. The van der Waals surface area contributed by atoms with Gasteiger partial charge in [-0.2, -0.15) is 0 Å². The molecule has 0 unspecified atom stereocenters. The smallest absolute Gasteiger partial charge is 0.0205 e. The standard InChI is InChI=1S/C14H21N/c1-12(10-15-11-14(2,3)4)13-8-6-5-7-9-13/h5-9,15H,1,10-11H2,2-4H3. The molecule has 1 N–H and O–H groups in total. The summed E-state index contributed by atoms with van der Waals surface area (Å²) in [5, 5.41) is 3.42. The Hall–Kier alpha value is -1.08. The molecule has 0 radical (unpaired) electrons. The largest absolute Gasteiger partial charge is 0.312 e. The van der Waals surface area contributed by atoms with E-state index in [-0.39, 0.29) is 0 Å². The molecule has 0 saturated carbocycles. The van der Waals surface area contributed by atoms with E-state index in [9.17, 15) is 0 Å². The van der Waals surface area contributed by atoms with E-state index < -0.39 is 0 Å². The third kappa shape index (κ3) is 4.80. The molecular weight excluding hydrogens is 182 g/mol. The van der Waals surface area contributed by atoms with Crippen molar-refractivity contribution < 1.29 is 0 Å². The Bertz CT molecular complexity index is 306. The molecule has 0 aliphatic rings. The molecule has 1 aromatic carbocycles. The van der Waals surface area contributed by atoms with E-state index >= 15 is 0 Å². The van der Waals surface area contributed by atoms with Crippen LogP contribution in [0, 0.1) is 5.41 Å². The molecule has 0 fully saturated rings. The lowest BCUT2D eigenvalue weighted by molar-refractivity contribution is 0.389. The van der Waals surface area contributed by atoms with Gasteiger partial charge >= 0.3 is 0 Å². The first-order valence-electron chi connectivity index (χ1n) is 5.43. The van der Waals surface area contributed by atoms with Crippen LogP contribution in [0.3, 0.4) is 0 Å². The molecule has 0 atom stereocenters. The third-order valence-corrected chi connectivity index (χ3v) is 2.18. The highest BCUT2D eigenvalue weighted by Gasteiger charge is 2.09. The number of benzene rings is 1. The zero-order valence-corrected chi connectivity index (χ0v) is 10.0. The summed E-state index contributed by atoms with van der Waals surface area (Å²) in [6, 6.07) is 10.3. The van der Waals surface area contributed by atoms with E-state index in [1.807, 2.05) is 18.2 Å². The maximum atomic E-state index is 4.08. The van der Waals surface area contributed by atoms with Gasteiger partial charge in [0.15, 0.2) is 0 Å². The quantitative estimate of drug-likeness (QED) is 0.791. The van der Waals surface area contributed by atoms with Gasteiger partial charge in [-0.15, -0.1) is 0 Å².